The van der Waals surface area contributed by atoms with Crippen molar-refractivity contribution in [1.82, 2.24) is 10.2 Å². The monoisotopic (exact) mass is 627 g/mol. The topological polar surface area (TPSA) is 96.0 Å². The van der Waals surface area contributed by atoms with Gasteiger partial charge in [-0.1, -0.05) is 92.2 Å². The first kappa shape index (κ1) is 33.3. The summed E-state index contributed by atoms with van der Waals surface area (Å²) >= 11 is 0. The number of benzene rings is 4. The number of methoxy groups -OCH3 is 1. The third-order valence-corrected chi connectivity index (χ3v) is 9.44. The van der Waals surface area contributed by atoms with E-state index in [9.17, 15) is 18.0 Å². The number of hydrogen-bond acceptors (Lipinski definition) is 5. The molecule has 0 aliphatic rings. The molecular formula is C36H41N3O5S. The summed E-state index contributed by atoms with van der Waals surface area (Å²) in [5.74, 6) is -0.345. The lowest BCUT2D eigenvalue weighted by Gasteiger charge is -2.34. The van der Waals surface area contributed by atoms with Crippen molar-refractivity contribution in [2.24, 2.45) is 0 Å². The first-order valence-electron chi connectivity index (χ1n) is 15.1. The number of aryl methyl sites for hydroxylation is 1. The number of hydrogen-bond donors (Lipinski definition) is 1. The van der Waals surface area contributed by atoms with Crippen molar-refractivity contribution < 1.29 is 22.7 Å². The average molecular weight is 628 g/mol. The van der Waals surface area contributed by atoms with Crippen molar-refractivity contribution in [2.45, 2.75) is 50.6 Å². The molecule has 0 aliphatic carbocycles. The molecule has 4 aromatic rings. The Morgan fingerprint density at radius 3 is 2.20 bits per heavy atom. The summed E-state index contributed by atoms with van der Waals surface area (Å²) < 4.78 is 34.7. The second-order valence-electron chi connectivity index (χ2n) is 10.8. The van der Waals surface area contributed by atoms with Crippen LogP contribution >= 0.6 is 0 Å². The Morgan fingerprint density at radius 2 is 1.53 bits per heavy atom. The molecular weight excluding hydrogens is 586 g/mol. The lowest BCUT2D eigenvalue weighted by atomic mass is 10.0. The summed E-state index contributed by atoms with van der Waals surface area (Å²) in [6, 6.07) is 30.9. The smallest absolute Gasteiger partial charge is 0.264 e. The SMILES string of the molecule is CCCCNC(=O)[C@H](Cc1ccccc1)N(Cc1ccccc1C)C(=O)CN(c1cccc(OC)c1)S(=O)(=O)c1ccccc1. The van der Waals surface area contributed by atoms with Crippen molar-refractivity contribution >= 4 is 27.5 Å². The molecule has 1 atom stereocenters. The molecule has 4 aromatic carbocycles. The van der Waals surface area contributed by atoms with E-state index in [0.29, 0.717) is 12.3 Å². The number of carbonyl (C=O) groups excluding carboxylic acids is 2. The van der Waals surface area contributed by atoms with Crippen LogP contribution < -0.4 is 14.4 Å². The molecule has 0 radical (unpaired) electrons. The molecule has 9 heteroatoms. The summed E-state index contributed by atoms with van der Waals surface area (Å²) in [6.45, 7) is 4.08. The number of amides is 2. The average Bonchev–Trinajstić information content (AvgIpc) is 3.06. The molecule has 0 aliphatic heterocycles. The lowest BCUT2D eigenvalue weighted by Crippen LogP contribution is -2.53. The molecule has 1 N–H and O–H groups in total. The van der Waals surface area contributed by atoms with Crippen molar-refractivity contribution in [3.63, 3.8) is 0 Å². The van der Waals surface area contributed by atoms with E-state index in [1.165, 1.54) is 24.1 Å². The van der Waals surface area contributed by atoms with Gasteiger partial charge in [0.1, 0.15) is 18.3 Å². The van der Waals surface area contributed by atoms with Crippen LogP contribution in [0.2, 0.25) is 0 Å². The normalized spacial score (nSPS) is 11.8. The highest BCUT2D eigenvalue weighted by atomic mass is 32.2. The van der Waals surface area contributed by atoms with Crippen LogP contribution in [0.15, 0.2) is 114 Å². The molecule has 0 spiro atoms. The van der Waals surface area contributed by atoms with Gasteiger partial charge >= 0.3 is 0 Å². The lowest BCUT2D eigenvalue weighted by molar-refractivity contribution is -0.140. The number of ether oxygens (including phenoxy) is 1. The van der Waals surface area contributed by atoms with Crippen LogP contribution in [-0.4, -0.2) is 51.4 Å². The maximum absolute atomic E-state index is 14.5. The van der Waals surface area contributed by atoms with Gasteiger partial charge in [-0.05, 0) is 54.3 Å². The van der Waals surface area contributed by atoms with Gasteiger partial charge in [-0.25, -0.2) is 8.42 Å². The van der Waals surface area contributed by atoms with Gasteiger partial charge in [-0.2, -0.15) is 0 Å². The fraction of sp³-hybridized carbons (Fsp3) is 0.278. The largest absolute Gasteiger partial charge is 0.497 e. The van der Waals surface area contributed by atoms with E-state index in [1.807, 2.05) is 68.4 Å². The van der Waals surface area contributed by atoms with Gasteiger partial charge in [0.05, 0.1) is 17.7 Å². The third-order valence-electron chi connectivity index (χ3n) is 7.65. The zero-order valence-electron chi connectivity index (χ0n) is 26.1. The number of carbonyl (C=O) groups is 2. The number of unbranched alkanes of at least 4 members (excludes halogenated alkanes) is 1. The predicted octanol–water partition coefficient (Wildman–Crippen LogP) is 5.76. The molecule has 0 saturated heterocycles. The van der Waals surface area contributed by atoms with Gasteiger partial charge in [0, 0.05) is 25.6 Å². The minimum absolute atomic E-state index is 0.0456. The Morgan fingerprint density at radius 1 is 0.867 bits per heavy atom. The maximum Gasteiger partial charge on any atom is 0.264 e. The fourth-order valence-corrected chi connectivity index (χ4v) is 6.47. The quantitative estimate of drug-likeness (QED) is 0.169. The highest BCUT2D eigenvalue weighted by Gasteiger charge is 2.34. The number of rotatable bonds is 15. The Kier molecular flexibility index (Phi) is 11.8. The molecule has 8 nitrogen and oxygen atoms in total. The van der Waals surface area contributed by atoms with Crippen LogP contribution in [0.4, 0.5) is 5.69 Å². The molecule has 0 bridgehead atoms. The predicted molar refractivity (Wildman–Crippen MR) is 178 cm³/mol. The van der Waals surface area contributed by atoms with Crippen molar-refractivity contribution in [1.29, 1.82) is 0 Å². The Bertz CT molecular complexity index is 1660. The van der Waals surface area contributed by atoms with Crippen LogP contribution in [-0.2, 0) is 32.6 Å². The number of sulfonamides is 1. The highest BCUT2D eigenvalue weighted by Crippen LogP contribution is 2.28. The first-order chi connectivity index (χ1) is 21.7. The second-order valence-corrected chi connectivity index (χ2v) is 12.7. The second kappa shape index (κ2) is 15.9. The van der Waals surface area contributed by atoms with E-state index in [1.54, 1.807) is 42.5 Å². The van der Waals surface area contributed by atoms with Gasteiger partial charge in [0.2, 0.25) is 11.8 Å². The summed E-state index contributed by atoms with van der Waals surface area (Å²) in [4.78, 5) is 30.0. The van der Waals surface area contributed by atoms with Gasteiger partial charge in [-0.15, -0.1) is 0 Å². The molecule has 45 heavy (non-hydrogen) atoms. The van der Waals surface area contributed by atoms with Gasteiger partial charge in [0.25, 0.3) is 10.0 Å². The van der Waals surface area contributed by atoms with E-state index in [4.69, 9.17) is 4.74 Å². The molecule has 0 fully saturated rings. The van der Waals surface area contributed by atoms with Crippen molar-refractivity contribution in [3.8, 4) is 5.75 Å². The summed E-state index contributed by atoms with van der Waals surface area (Å²) in [6.07, 6.45) is 1.97. The minimum atomic E-state index is -4.18. The summed E-state index contributed by atoms with van der Waals surface area (Å²) in [5.41, 5.74) is 2.98. The van der Waals surface area contributed by atoms with Crippen molar-refractivity contribution in [3.05, 3.63) is 126 Å². The first-order valence-corrected chi connectivity index (χ1v) is 16.6. The molecule has 0 heterocycles. The Labute approximate surface area is 266 Å². The van der Waals surface area contributed by atoms with Crippen LogP contribution in [0.3, 0.4) is 0 Å². The number of nitrogens with one attached hydrogen (secondary N) is 1. The molecule has 0 aromatic heterocycles. The number of nitrogens with zero attached hydrogens (tertiary/aromatic N) is 2. The van der Waals surface area contributed by atoms with Crippen LogP contribution in [0.25, 0.3) is 0 Å². The third kappa shape index (κ3) is 8.73. The fourth-order valence-electron chi connectivity index (χ4n) is 5.05. The van der Waals surface area contributed by atoms with Gasteiger partial charge < -0.3 is 15.0 Å². The molecule has 0 unspecified atom stereocenters. The van der Waals surface area contributed by atoms with Crippen LogP contribution in [0.1, 0.15) is 36.5 Å². The van der Waals surface area contributed by atoms with Crippen LogP contribution in [0, 0.1) is 6.92 Å². The Hall–Kier alpha value is -4.63. The van der Waals surface area contributed by atoms with E-state index in [2.05, 4.69) is 5.32 Å². The molecule has 0 saturated carbocycles. The maximum atomic E-state index is 14.5. The molecule has 236 valence electrons. The van der Waals surface area contributed by atoms with E-state index < -0.39 is 28.5 Å². The molecule has 2 amide bonds. The molecule has 4 rings (SSSR count). The summed E-state index contributed by atoms with van der Waals surface area (Å²) in [5, 5.41) is 3.01. The summed E-state index contributed by atoms with van der Waals surface area (Å²) in [7, 11) is -2.69. The van der Waals surface area contributed by atoms with Crippen molar-refractivity contribution in [2.75, 3.05) is 24.5 Å². The zero-order chi connectivity index (χ0) is 32.2. The highest BCUT2D eigenvalue weighted by molar-refractivity contribution is 7.92. The minimum Gasteiger partial charge on any atom is -0.497 e. The zero-order valence-corrected chi connectivity index (χ0v) is 26.9. The van der Waals surface area contributed by atoms with E-state index in [-0.39, 0.29) is 29.5 Å². The standard InChI is InChI=1S/C36H41N3O5S/c1-4-5-23-37-36(41)34(24-29-16-8-6-9-17-29)38(26-30-18-13-12-15-28(30)2)35(40)27-39(31-19-14-20-32(25-31)44-3)45(42,43)33-21-10-7-11-22-33/h6-22,25,34H,4-5,23-24,26-27H2,1-3H3,(H,37,41)/t34-/m0/s1. The van der Waals surface area contributed by atoms with Gasteiger partial charge in [-0.3, -0.25) is 13.9 Å². The van der Waals surface area contributed by atoms with Crippen LogP contribution in [0.5, 0.6) is 5.75 Å². The van der Waals surface area contributed by atoms with E-state index in [0.717, 1.165) is 33.8 Å². The van der Waals surface area contributed by atoms with E-state index >= 15 is 0 Å². The Balaban J connectivity index is 1.80. The number of anilines is 1. The van der Waals surface area contributed by atoms with Gasteiger partial charge in [0.15, 0.2) is 0 Å².